The summed E-state index contributed by atoms with van der Waals surface area (Å²) in [5.41, 5.74) is 3.39. The maximum atomic E-state index is 13.9. The number of rotatable bonds is 7. The molecule has 3 aromatic rings. The summed E-state index contributed by atoms with van der Waals surface area (Å²) in [5, 5.41) is 3.49. The highest BCUT2D eigenvalue weighted by molar-refractivity contribution is 6.30. The number of carbonyl (C=O) groups is 3. The van der Waals surface area contributed by atoms with E-state index in [9.17, 15) is 14.4 Å². The lowest BCUT2D eigenvalue weighted by molar-refractivity contribution is -0.135. The summed E-state index contributed by atoms with van der Waals surface area (Å²) in [5.74, 6) is 0.0354. The van der Waals surface area contributed by atoms with Gasteiger partial charge in [0.1, 0.15) is 0 Å². The van der Waals surface area contributed by atoms with E-state index < -0.39 is 0 Å². The lowest BCUT2D eigenvalue weighted by Gasteiger charge is -2.28. The standard InChI is InChI=1S/C33H37ClN4O3/c1-36(23-24-8-3-2-4-9-24)33(41)29-22-28(35-31(39)25-12-14-27(34)15-13-25)16-17-30(29)37-18-7-19-38(21-20-37)32(40)26-10-5-6-11-26/h2-4,8-9,12-17,22,26H,5-7,10-11,18-21,23H2,1H3,(H,35,39). The normalized spacial score (nSPS) is 15.9. The molecule has 1 aliphatic carbocycles. The van der Waals surface area contributed by atoms with Crippen molar-refractivity contribution in [1.82, 2.24) is 9.80 Å². The van der Waals surface area contributed by atoms with Crippen LogP contribution >= 0.6 is 11.6 Å². The van der Waals surface area contributed by atoms with Gasteiger partial charge in [-0.3, -0.25) is 14.4 Å². The zero-order valence-electron chi connectivity index (χ0n) is 23.5. The van der Waals surface area contributed by atoms with E-state index in [1.165, 1.54) is 0 Å². The Hall–Kier alpha value is -3.84. The van der Waals surface area contributed by atoms with E-state index in [1.807, 2.05) is 47.4 Å². The fraction of sp³-hybridized carbons (Fsp3) is 0.364. The molecule has 41 heavy (non-hydrogen) atoms. The average Bonchev–Trinajstić information content (AvgIpc) is 3.42. The number of benzene rings is 3. The number of carbonyl (C=O) groups excluding carboxylic acids is 3. The molecule has 7 nitrogen and oxygen atoms in total. The highest BCUT2D eigenvalue weighted by Gasteiger charge is 2.29. The zero-order chi connectivity index (χ0) is 28.8. The van der Waals surface area contributed by atoms with Crippen LogP contribution in [0.25, 0.3) is 0 Å². The summed E-state index contributed by atoms with van der Waals surface area (Å²) < 4.78 is 0. The second kappa shape index (κ2) is 13.2. The van der Waals surface area contributed by atoms with Crippen LogP contribution in [0.1, 0.15) is 58.4 Å². The van der Waals surface area contributed by atoms with Gasteiger partial charge in [0.15, 0.2) is 0 Å². The molecule has 1 aliphatic heterocycles. The Bertz CT molecular complexity index is 1370. The van der Waals surface area contributed by atoms with Gasteiger partial charge in [-0.2, -0.15) is 0 Å². The van der Waals surface area contributed by atoms with Gasteiger partial charge >= 0.3 is 0 Å². The summed E-state index contributed by atoms with van der Waals surface area (Å²) in [6.45, 7) is 3.23. The summed E-state index contributed by atoms with van der Waals surface area (Å²) in [6, 6.07) is 22.1. The molecule has 1 saturated carbocycles. The molecule has 3 aromatic carbocycles. The van der Waals surface area contributed by atoms with Crippen molar-refractivity contribution in [3.05, 3.63) is 94.5 Å². The van der Waals surface area contributed by atoms with Crippen LogP contribution in [-0.4, -0.2) is 60.7 Å². The highest BCUT2D eigenvalue weighted by Crippen LogP contribution is 2.30. The van der Waals surface area contributed by atoms with Crippen molar-refractivity contribution in [1.29, 1.82) is 0 Å². The first-order valence-electron chi connectivity index (χ1n) is 14.4. The second-order valence-corrected chi connectivity index (χ2v) is 11.4. The molecule has 8 heteroatoms. The van der Waals surface area contributed by atoms with Gasteiger partial charge in [0.05, 0.1) is 5.56 Å². The predicted molar refractivity (Wildman–Crippen MR) is 163 cm³/mol. The van der Waals surface area contributed by atoms with Gasteiger partial charge in [-0.1, -0.05) is 54.8 Å². The molecule has 0 atom stereocenters. The summed E-state index contributed by atoms with van der Waals surface area (Å²) in [4.78, 5) is 45.9. The minimum Gasteiger partial charge on any atom is -0.369 e. The minimum atomic E-state index is -0.277. The number of amides is 3. The number of nitrogens with one attached hydrogen (secondary N) is 1. The number of hydrogen-bond donors (Lipinski definition) is 1. The fourth-order valence-corrected chi connectivity index (χ4v) is 5.94. The molecule has 2 fully saturated rings. The Kier molecular flexibility index (Phi) is 9.24. The maximum Gasteiger partial charge on any atom is 0.256 e. The van der Waals surface area contributed by atoms with Crippen LogP contribution in [0.2, 0.25) is 5.02 Å². The molecular formula is C33H37ClN4O3. The minimum absolute atomic E-state index is 0.130. The van der Waals surface area contributed by atoms with E-state index in [4.69, 9.17) is 11.6 Å². The summed E-state index contributed by atoms with van der Waals surface area (Å²) in [6.07, 6.45) is 5.10. The number of anilines is 2. The van der Waals surface area contributed by atoms with Crippen molar-refractivity contribution in [3.63, 3.8) is 0 Å². The van der Waals surface area contributed by atoms with E-state index in [0.29, 0.717) is 41.5 Å². The monoisotopic (exact) mass is 572 g/mol. The number of nitrogens with zero attached hydrogens (tertiary/aromatic N) is 3. The second-order valence-electron chi connectivity index (χ2n) is 11.0. The molecule has 1 heterocycles. The van der Waals surface area contributed by atoms with Crippen molar-refractivity contribution >= 4 is 40.7 Å². The van der Waals surface area contributed by atoms with Crippen LogP contribution < -0.4 is 10.2 Å². The first-order valence-corrected chi connectivity index (χ1v) is 14.8. The molecule has 0 spiro atoms. The smallest absolute Gasteiger partial charge is 0.256 e. The molecule has 2 aliphatic rings. The van der Waals surface area contributed by atoms with Gasteiger partial charge < -0.3 is 20.0 Å². The van der Waals surface area contributed by atoms with Gasteiger partial charge in [0, 0.05) is 67.7 Å². The highest BCUT2D eigenvalue weighted by atomic mass is 35.5. The SMILES string of the molecule is CN(Cc1ccccc1)C(=O)c1cc(NC(=O)c2ccc(Cl)cc2)ccc1N1CCCN(C(=O)C2CCCC2)CC1. The van der Waals surface area contributed by atoms with Gasteiger partial charge in [0.25, 0.3) is 11.8 Å². The third-order valence-electron chi connectivity index (χ3n) is 8.05. The lowest BCUT2D eigenvalue weighted by atomic mass is 10.1. The Morgan fingerprint density at radius 2 is 1.61 bits per heavy atom. The van der Waals surface area contributed by atoms with Crippen LogP contribution in [0.5, 0.6) is 0 Å². The maximum absolute atomic E-state index is 13.9. The predicted octanol–water partition coefficient (Wildman–Crippen LogP) is 6.09. The van der Waals surface area contributed by atoms with Crippen molar-refractivity contribution in [2.75, 3.05) is 43.4 Å². The van der Waals surface area contributed by atoms with E-state index in [-0.39, 0.29) is 23.6 Å². The van der Waals surface area contributed by atoms with Crippen molar-refractivity contribution in [2.45, 2.75) is 38.6 Å². The Morgan fingerprint density at radius 1 is 0.878 bits per heavy atom. The largest absolute Gasteiger partial charge is 0.369 e. The molecule has 3 amide bonds. The summed E-state index contributed by atoms with van der Waals surface area (Å²) in [7, 11) is 1.79. The fourth-order valence-electron chi connectivity index (χ4n) is 5.81. The zero-order valence-corrected chi connectivity index (χ0v) is 24.3. The topological polar surface area (TPSA) is 73.0 Å². The van der Waals surface area contributed by atoms with Crippen molar-refractivity contribution in [3.8, 4) is 0 Å². The Labute approximate surface area is 247 Å². The van der Waals surface area contributed by atoms with E-state index in [0.717, 1.165) is 56.4 Å². The molecule has 0 bridgehead atoms. The van der Waals surface area contributed by atoms with Gasteiger partial charge in [-0.25, -0.2) is 0 Å². The van der Waals surface area contributed by atoms with Gasteiger partial charge in [-0.05, 0) is 67.3 Å². The molecule has 0 unspecified atom stereocenters. The van der Waals surface area contributed by atoms with Crippen LogP contribution in [0, 0.1) is 5.92 Å². The first kappa shape index (κ1) is 28.7. The number of hydrogen-bond acceptors (Lipinski definition) is 4. The molecule has 1 N–H and O–H groups in total. The molecule has 5 rings (SSSR count). The Morgan fingerprint density at radius 3 is 2.34 bits per heavy atom. The first-order chi connectivity index (χ1) is 19.9. The van der Waals surface area contributed by atoms with Gasteiger partial charge in [0.2, 0.25) is 5.91 Å². The van der Waals surface area contributed by atoms with E-state index in [1.54, 1.807) is 42.3 Å². The van der Waals surface area contributed by atoms with Crippen LogP contribution in [0.4, 0.5) is 11.4 Å². The molecule has 214 valence electrons. The molecular weight excluding hydrogens is 536 g/mol. The lowest BCUT2D eigenvalue weighted by Crippen LogP contribution is -2.38. The van der Waals surface area contributed by atoms with Crippen LogP contribution in [0.3, 0.4) is 0 Å². The average molecular weight is 573 g/mol. The molecule has 0 radical (unpaired) electrons. The van der Waals surface area contributed by atoms with Crippen molar-refractivity contribution in [2.24, 2.45) is 5.92 Å². The van der Waals surface area contributed by atoms with Crippen LogP contribution in [-0.2, 0) is 11.3 Å². The quantitative estimate of drug-likeness (QED) is 0.372. The van der Waals surface area contributed by atoms with E-state index in [2.05, 4.69) is 10.2 Å². The van der Waals surface area contributed by atoms with Gasteiger partial charge in [-0.15, -0.1) is 0 Å². The molecule has 1 saturated heterocycles. The summed E-state index contributed by atoms with van der Waals surface area (Å²) >= 11 is 5.98. The molecule has 0 aromatic heterocycles. The van der Waals surface area contributed by atoms with Crippen molar-refractivity contribution < 1.29 is 14.4 Å². The third kappa shape index (κ3) is 7.09. The number of halogens is 1. The van der Waals surface area contributed by atoms with Crippen LogP contribution in [0.15, 0.2) is 72.8 Å². The van der Waals surface area contributed by atoms with E-state index >= 15 is 0 Å². The third-order valence-corrected chi connectivity index (χ3v) is 8.31. The Balaban J connectivity index is 1.38.